The van der Waals surface area contributed by atoms with Crippen molar-refractivity contribution in [2.24, 2.45) is 5.92 Å². The molecule has 3 aromatic rings. The van der Waals surface area contributed by atoms with Crippen LogP contribution in [-0.2, 0) is 13.1 Å². The SMILES string of the molecule is OCC(C1CC1)N(Cc1ccccc1)Cc1nnnn1-c1ccccc1. The lowest BCUT2D eigenvalue weighted by Crippen LogP contribution is -2.39. The Kier molecular flexibility index (Phi) is 5.04. The van der Waals surface area contributed by atoms with E-state index in [4.69, 9.17) is 0 Å². The average molecular weight is 349 g/mol. The first-order chi connectivity index (χ1) is 12.8. The van der Waals surface area contributed by atoms with E-state index in [9.17, 15) is 5.11 Å². The van der Waals surface area contributed by atoms with Gasteiger partial charge in [-0.15, -0.1) is 5.10 Å². The van der Waals surface area contributed by atoms with Crippen LogP contribution in [0.4, 0.5) is 0 Å². The Morgan fingerprint density at radius 1 is 1.00 bits per heavy atom. The van der Waals surface area contributed by atoms with Crippen molar-refractivity contribution >= 4 is 0 Å². The van der Waals surface area contributed by atoms with Crippen molar-refractivity contribution in [3.05, 3.63) is 72.1 Å². The number of aliphatic hydroxyl groups is 1. The van der Waals surface area contributed by atoms with Crippen LogP contribution in [0.15, 0.2) is 60.7 Å². The Morgan fingerprint density at radius 3 is 2.35 bits per heavy atom. The zero-order chi connectivity index (χ0) is 17.8. The summed E-state index contributed by atoms with van der Waals surface area (Å²) in [5.41, 5.74) is 2.17. The summed E-state index contributed by atoms with van der Waals surface area (Å²) in [6.45, 7) is 1.52. The van der Waals surface area contributed by atoms with Crippen LogP contribution in [0.1, 0.15) is 24.2 Å². The number of nitrogens with zero attached hydrogens (tertiary/aromatic N) is 5. The van der Waals surface area contributed by atoms with E-state index in [-0.39, 0.29) is 12.6 Å². The average Bonchev–Trinajstić information content (AvgIpc) is 3.41. The van der Waals surface area contributed by atoms with Crippen LogP contribution in [0.5, 0.6) is 0 Å². The van der Waals surface area contributed by atoms with Gasteiger partial charge in [0, 0.05) is 12.6 Å². The van der Waals surface area contributed by atoms with Gasteiger partial charge >= 0.3 is 0 Å². The van der Waals surface area contributed by atoms with Gasteiger partial charge in [-0.2, -0.15) is 4.68 Å². The molecule has 1 unspecified atom stereocenters. The van der Waals surface area contributed by atoms with Crippen LogP contribution in [0.3, 0.4) is 0 Å². The topological polar surface area (TPSA) is 67.1 Å². The molecule has 0 aliphatic heterocycles. The summed E-state index contributed by atoms with van der Waals surface area (Å²) in [6.07, 6.45) is 2.36. The molecule has 6 nitrogen and oxygen atoms in total. The molecule has 1 N–H and O–H groups in total. The first-order valence-electron chi connectivity index (χ1n) is 9.06. The highest BCUT2D eigenvalue weighted by atomic mass is 16.3. The number of rotatable bonds is 8. The molecular weight excluding hydrogens is 326 g/mol. The molecule has 0 amide bonds. The third kappa shape index (κ3) is 3.81. The van der Waals surface area contributed by atoms with Crippen LogP contribution in [0.2, 0.25) is 0 Å². The number of tetrazole rings is 1. The maximum atomic E-state index is 10.00. The highest BCUT2D eigenvalue weighted by Gasteiger charge is 2.35. The normalized spacial score (nSPS) is 15.3. The molecule has 6 heteroatoms. The summed E-state index contributed by atoms with van der Waals surface area (Å²) < 4.78 is 1.78. The van der Waals surface area contributed by atoms with Gasteiger partial charge in [0.1, 0.15) is 0 Å². The van der Waals surface area contributed by atoms with Gasteiger partial charge in [0.05, 0.1) is 18.8 Å². The Balaban J connectivity index is 1.60. The summed E-state index contributed by atoms with van der Waals surface area (Å²) in [4.78, 5) is 2.30. The number of benzene rings is 2. The number of para-hydroxylation sites is 1. The summed E-state index contributed by atoms with van der Waals surface area (Å²) in [6, 6.07) is 20.4. The van der Waals surface area contributed by atoms with E-state index in [0.717, 1.165) is 18.1 Å². The van der Waals surface area contributed by atoms with E-state index in [0.29, 0.717) is 12.5 Å². The van der Waals surface area contributed by atoms with E-state index in [1.807, 2.05) is 48.5 Å². The molecule has 1 heterocycles. The number of hydrogen-bond acceptors (Lipinski definition) is 5. The van der Waals surface area contributed by atoms with Gasteiger partial charge in [0.25, 0.3) is 0 Å². The molecule has 0 bridgehead atoms. The molecule has 1 saturated carbocycles. The van der Waals surface area contributed by atoms with Gasteiger partial charge in [-0.25, -0.2) is 0 Å². The van der Waals surface area contributed by atoms with Crippen molar-refractivity contribution in [2.75, 3.05) is 6.61 Å². The fourth-order valence-corrected chi connectivity index (χ4v) is 3.41. The van der Waals surface area contributed by atoms with Crippen LogP contribution >= 0.6 is 0 Å². The molecule has 1 atom stereocenters. The lowest BCUT2D eigenvalue weighted by molar-refractivity contribution is 0.0915. The highest BCUT2D eigenvalue weighted by Crippen LogP contribution is 2.36. The Labute approximate surface area is 153 Å². The molecule has 134 valence electrons. The predicted octanol–water partition coefficient (Wildman–Crippen LogP) is 2.44. The molecule has 26 heavy (non-hydrogen) atoms. The van der Waals surface area contributed by atoms with Gasteiger partial charge in [-0.1, -0.05) is 48.5 Å². The van der Waals surface area contributed by atoms with E-state index in [1.54, 1.807) is 4.68 Å². The fourth-order valence-electron chi connectivity index (χ4n) is 3.41. The van der Waals surface area contributed by atoms with Crippen molar-refractivity contribution < 1.29 is 5.11 Å². The van der Waals surface area contributed by atoms with Crippen LogP contribution < -0.4 is 0 Å². The summed E-state index contributed by atoms with van der Waals surface area (Å²) in [5, 5.41) is 22.3. The molecule has 0 saturated heterocycles. The fraction of sp³-hybridized carbons (Fsp3) is 0.350. The molecule has 1 aliphatic rings. The van der Waals surface area contributed by atoms with Crippen molar-refractivity contribution in [3.63, 3.8) is 0 Å². The zero-order valence-electron chi connectivity index (χ0n) is 14.6. The van der Waals surface area contributed by atoms with Crippen molar-refractivity contribution in [1.29, 1.82) is 0 Å². The molecule has 0 spiro atoms. The largest absolute Gasteiger partial charge is 0.395 e. The molecule has 2 aromatic carbocycles. The van der Waals surface area contributed by atoms with E-state index in [1.165, 1.54) is 18.4 Å². The Hall–Kier alpha value is -2.57. The molecule has 1 fully saturated rings. The maximum Gasteiger partial charge on any atom is 0.170 e. The Morgan fingerprint density at radius 2 is 1.69 bits per heavy atom. The standard InChI is InChI=1S/C20H23N5O/c26-15-19(17-11-12-17)24(13-16-7-3-1-4-8-16)14-20-21-22-23-25(20)18-9-5-2-6-10-18/h1-10,17,19,26H,11-15H2. The third-order valence-electron chi connectivity index (χ3n) is 4.93. The van der Waals surface area contributed by atoms with Crippen LogP contribution in [0.25, 0.3) is 5.69 Å². The first kappa shape index (κ1) is 16.9. The summed E-state index contributed by atoms with van der Waals surface area (Å²) in [7, 11) is 0. The monoisotopic (exact) mass is 349 g/mol. The zero-order valence-corrected chi connectivity index (χ0v) is 14.6. The highest BCUT2D eigenvalue weighted by molar-refractivity contribution is 5.30. The minimum absolute atomic E-state index is 0.135. The Bertz CT molecular complexity index is 816. The second-order valence-electron chi connectivity index (χ2n) is 6.82. The number of aliphatic hydroxyl groups excluding tert-OH is 1. The molecule has 1 aliphatic carbocycles. The van der Waals surface area contributed by atoms with Gasteiger partial charge in [-0.3, -0.25) is 4.90 Å². The van der Waals surface area contributed by atoms with Crippen LogP contribution in [0, 0.1) is 5.92 Å². The lowest BCUT2D eigenvalue weighted by atomic mass is 10.1. The van der Waals surface area contributed by atoms with Crippen molar-refractivity contribution in [1.82, 2.24) is 25.1 Å². The number of aromatic nitrogens is 4. The van der Waals surface area contributed by atoms with Crippen molar-refractivity contribution in [2.45, 2.75) is 32.0 Å². The van der Waals surface area contributed by atoms with Crippen LogP contribution in [-0.4, -0.2) is 42.9 Å². The minimum atomic E-state index is 0.135. The third-order valence-corrected chi connectivity index (χ3v) is 4.93. The molecule has 0 radical (unpaired) electrons. The maximum absolute atomic E-state index is 10.00. The number of hydrogen-bond donors (Lipinski definition) is 1. The second-order valence-corrected chi connectivity index (χ2v) is 6.82. The molecular formula is C20H23N5O. The predicted molar refractivity (Wildman–Crippen MR) is 98.4 cm³/mol. The summed E-state index contributed by atoms with van der Waals surface area (Å²) >= 11 is 0. The second kappa shape index (κ2) is 7.76. The van der Waals surface area contributed by atoms with Gasteiger partial charge < -0.3 is 5.11 Å². The van der Waals surface area contributed by atoms with E-state index >= 15 is 0 Å². The minimum Gasteiger partial charge on any atom is -0.395 e. The molecule has 4 rings (SSSR count). The quantitative estimate of drug-likeness (QED) is 0.676. The van der Waals surface area contributed by atoms with Gasteiger partial charge in [0.15, 0.2) is 5.82 Å². The van der Waals surface area contributed by atoms with Gasteiger partial charge in [0.2, 0.25) is 0 Å². The molecule has 1 aromatic heterocycles. The summed E-state index contributed by atoms with van der Waals surface area (Å²) in [5.74, 6) is 1.34. The van der Waals surface area contributed by atoms with Gasteiger partial charge in [-0.05, 0) is 46.9 Å². The lowest BCUT2D eigenvalue weighted by Gasteiger charge is -2.30. The smallest absolute Gasteiger partial charge is 0.170 e. The van der Waals surface area contributed by atoms with Crippen molar-refractivity contribution in [3.8, 4) is 5.69 Å². The van der Waals surface area contributed by atoms with E-state index < -0.39 is 0 Å². The van der Waals surface area contributed by atoms with E-state index in [2.05, 4.69) is 32.6 Å². The first-order valence-corrected chi connectivity index (χ1v) is 9.06.